The summed E-state index contributed by atoms with van der Waals surface area (Å²) < 4.78 is 6.46. The third-order valence-electron chi connectivity index (χ3n) is 5.16. The quantitative estimate of drug-likeness (QED) is 0.497. The van der Waals surface area contributed by atoms with E-state index in [1.165, 1.54) is 30.4 Å². The summed E-state index contributed by atoms with van der Waals surface area (Å²) in [5.41, 5.74) is 2.94. The lowest BCUT2D eigenvalue weighted by molar-refractivity contribution is 0.307. The molecule has 1 unspecified atom stereocenters. The van der Waals surface area contributed by atoms with Crippen molar-refractivity contribution in [3.8, 4) is 0 Å². The number of allylic oxidation sites excluding steroid dienone is 1. The molecule has 1 nitrogen and oxygen atoms in total. The summed E-state index contributed by atoms with van der Waals surface area (Å²) in [6.45, 7) is 12.4. The van der Waals surface area contributed by atoms with Crippen molar-refractivity contribution in [3.05, 3.63) is 47.5 Å². The highest BCUT2D eigenvalue weighted by molar-refractivity contribution is 6.74. The molecule has 0 N–H and O–H groups in total. The Morgan fingerprint density at radius 3 is 2.43 bits per heavy atom. The van der Waals surface area contributed by atoms with E-state index in [-0.39, 0.29) is 5.04 Å². The predicted molar refractivity (Wildman–Crippen MR) is 94.3 cm³/mol. The summed E-state index contributed by atoms with van der Waals surface area (Å²) in [4.78, 5) is 0. The Kier molecular flexibility index (Phi) is 5.10. The molecule has 0 aliphatic heterocycles. The third-order valence-corrected chi connectivity index (χ3v) is 9.64. The van der Waals surface area contributed by atoms with Gasteiger partial charge in [-0.25, -0.2) is 0 Å². The average Bonchev–Trinajstić information content (AvgIpc) is 2.45. The summed E-state index contributed by atoms with van der Waals surface area (Å²) >= 11 is 0. The fourth-order valence-corrected chi connectivity index (χ4v) is 3.60. The van der Waals surface area contributed by atoms with E-state index >= 15 is 0 Å². The van der Waals surface area contributed by atoms with E-state index < -0.39 is 8.32 Å². The van der Waals surface area contributed by atoms with Crippen LogP contribution in [0.25, 0.3) is 0 Å². The maximum Gasteiger partial charge on any atom is 0.192 e. The molecule has 0 aromatic heterocycles. The van der Waals surface area contributed by atoms with Gasteiger partial charge >= 0.3 is 0 Å². The Balaban J connectivity index is 2.09. The SMILES string of the molecule is CC(C)(C)[Si](C)(C)OCC1=CCCCC1c1ccccc1. The number of benzene rings is 1. The molecule has 0 radical (unpaired) electrons. The highest BCUT2D eigenvalue weighted by Gasteiger charge is 2.37. The number of hydrogen-bond acceptors (Lipinski definition) is 1. The Bertz CT molecular complexity index is 482. The Hall–Kier alpha value is -0.863. The van der Waals surface area contributed by atoms with Crippen LogP contribution in [0.1, 0.15) is 51.5 Å². The highest BCUT2D eigenvalue weighted by atomic mass is 28.4. The third kappa shape index (κ3) is 4.07. The summed E-state index contributed by atoms with van der Waals surface area (Å²) in [7, 11) is -1.66. The van der Waals surface area contributed by atoms with E-state index in [2.05, 4.69) is 70.3 Å². The molecule has 1 aliphatic carbocycles. The molecule has 0 fully saturated rings. The standard InChI is InChI=1S/C19H30OSi/c1-19(2,3)21(4,5)20-15-17-13-9-10-14-18(17)16-11-7-6-8-12-16/h6-8,11-13,18H,9-10,14-15H2,1-5H3. The van der Waals surface area contributed by atoms with Crippen LogP contribution in [0.3, 0.4) is 0 Å². The van der Waals surface area contributed by atoms with E-state index in [9.17, 15) is 0 Å². The number of hydrogen-bond donors (Lipinski definition) is 0. The lowest BCUT2D eigenvalue weighted by Gasteiger charge is -2.37. The molecule has 1 aromatic rings. The van der Waals surface area contributed by atoms with Crippen LogP contribution in [0.5, 0.6) is 0 Å². The van der Waals surface area contributed by atoms with Gasteiger partial charge in [0.05, 0.1) is 6.61 Å². The Labute approximate surface area is 131 Å². The zero-order chi connectivity index (χ0) is 15.5. The fraction of sp³-hybridized carbons (Fsp3) is 0.579. The smallest absolute Gasteiger partial charge is 0.192 e. The van der Waals surface area contributed by atoms with Crippen molar-refractivity contribution in [2.24, 2.45) is 0 Å². The van der Waals surface area contributed by atoms with Gasteiger partial charge in [-0.2, -0.15) is 0 Å². The van der Waals surface area contributed by atoms with Gasteiger partial charge in [-0.05, 0) is 48.5 Å². The minimum atomic E-state index is -1.66. The van der Waals surface area contributed by atoms with E-state index in [1.807, 2.05) is 0 Å². The van der Waals surface area contributed by atoms with Gasteiger partial charge in [-0.15, -0.1) is 0 Å². The normalized spacial score (nSPS) is 20.2. The summed E-state index contributed by atoms with van der Waals surface area (Å²) in [6, 6.07) is 10.9. The van der Waals surface area contributed by atoms with Crippen LogP contribution in [0, 0.1) is 0 Å². The molecule has 21 heavy (non-hydrogen) atoms. The molecule has 2 heteroatoms. The van der Waals surface area contributed by atoms with Crippen molar-refractivity contribution >= 4 is 8.32 Å². The van der Waals surface area contributed by atoms with Crippen LogP contribution in [0.4, 0.5) is 0 Å². The lowest BCUT2D eigenvalue weighted by atomic mass is 9.83. The first-order chi connectivity index (χ1) is 9.81. The van der Waals surface area contributed by atoms with Gasteiger partial charge in [0, 0.05) is 5.92 Å². The molecule has 1 atom stereocenters. The van der Waals surface area contributed by atoms with Crippen molar-refractivity contribution in [1.29, 1.82) is 0 Å². The van der Waals surface area contributed by atoms with E-state index in [0.717, 1.165) is 6.61 Å². The molecular weight excluding hydrogens is 272 g/mol. The minimum absolute atomic E-state index is 0.282. The summed E-state index contributed by atoms with van der Waals surface area (Å²) in [6.07, 6.45) is 6.19. The largest absolute Gasteiger partial charge is 0.413 e. The zero-order valence-electron chi connectivity index (χ0n) is 14.3. The molecule has 1 aromatic carbocycles. The Morgan fingerprint density at radius 2 is 1.81 bits per heavy atom. The molecule has 116 valence electrons. The van der Waals surface area contributed by atoms with Gasteiger partial charge in [-0.1, -0.05) is 57.2 Å². The van der Waals surface area contributed by atoms with Crippen LogP contribution in [0.2, 0.25) is 18.1 Å². The van der Waals surface area contributed by atoms with Crippen LogP contribution >= 0.6 is 0 Å². The van der Waals surface area contributed by atoms with Crippen LogP contribution in [0.15, 0.2) is 42.0 Å². The molecular formula is C19H30OSi. The average molecular weight is 303 g/mol. The van der Waals surface area contributed by atoms with Gasteiger partial charge in [-0.3, -0.25) is 0 Å². The maximum atomic E-state index is 6.46. The monoisotopic (exact) mass is 302 g/mol. The van der Waals surface area contributed by atoms with Crippen molar-refractivity contribution in [3.63, 3.8) is 0 Å². The van der Waals surface area contributed by atoms with Crippen molar-refractivity contribution in [1.82, 2.24) is 0 Å². The molecule has 0 spiro atoms. The topological polar surface area (TPSA) is 9.23 Å². The lowest BCUT2D eigenvalue weighted by Crippen LogP contribution is -2.41. The van der Waals surface area contributed by atoms with Gasteiger partial charge in [0.15, 0.2) is 8.32 Å². The van der Waals surface area contributed by atoms with E-state index in [4.69, 9.17) is 4.43 Å². The molecule has 0 saturated carbocycles. The van der Waals surface area contributed by atoms with Crippen LogP contribution in [-0.4, -0.2) is 14.9 Å². The predicted octanol–water partition coefficient (Wildman–Crippen LogP) is 5.90. The fourth-order valence-electron chi connectivity index (χ4n) is 2.64. The summed E-state index contributed by atoms with van der Waals surface area (Å²) in [5.74, 6) is 0.560. The summed E-state index contributed by atoms with van der Waals surface area (Å²) in [5, 5.41) is 0.282. The first kappa shape index (κ1) is 16.5. The maximum absolute atomic E-state index is 6.46. The number of rotatable bonds is 4. The molecule has 1 aliphatic rings. The molecule has 0 saturated heterocycles. The van der Waals surface area contributed by atoms with E-state index in [1.54, 1.807) is 0 Å². The second-order valence-electron chi connectivity index (χ2n) is 7.72. The van der Waals surface area contributed by atoms with Gasteiger partial charge in [0.25, 0.3) is 0 Å². The Morgan fingerprint density at radius 1 is 1.14 bits per heavy atom. The van der Waals surface area contributed by atoms with Crippen molar-refractivity contribution in [2.45, 2.75) is 64.1 Å². The van der Waals surface area contributed by atoms with Crippen molar-refractivity contribution in [2.75, 3.05) is 6.61 Å². The van der Waals surface area contributed by atoms with Gasteiger partial charge in [0.1, 0.15) is 0 Å². The second kappa shape index (κ2) is 6.49. The minimum Gasteiger partial charge on any atom is -0.413 e. The molecule has 0 bridgehead atoms. The van der Waals surface area contributed by atoms with Crippen LogP contribution in [-0.2, 0) is 4.43 Å². The molecule has 0 heterocycles. The van der Waals surface area contributed by atoms with E-state index in [0.29, 0.717) is 5.92 Å². The highest BCUT2D eigenvalue weighted by Crippen LogP contribution is 2.39. The van der Waals surface area contributed by atoms with Crippen LogP contribution < -0.4 is 0 Å². The zero-order valence-corrected chi connectivity index (χ0v) is 15.3. The second-order valence-corrected chi connectivity index (χ2v) is 12.5. The molecule has 2 rings (SSSR count). The van der Waals surface area contributed by atoms with Gasteiger partial charge in [0.2, 0.25) is 0 Å². The molecule has 0 amide bonds. The first-order valence-corrected chi connectivity index (χ1v) is 11.1. The van der Waals surface area contributed by atoms with Crippen molar-refractivity contribution < 1.29 is 4.43 Å². The van der Waals surface area contributed by atoms with Gasteiger partial charge < -0.3 is 4.43 Å². The first-order valence-electron chi connectivity index (χ1n) is 8.19.